The Morgan fingerprint density at radius 2 is 1.89 bits per heavy atom. The van der Waals surface area contributed by atoms with Crippen LogP contribution in [0.25, 0.3) is 0 Å². The molecule has 0 saturated carbocycles. The molecule has 1 amide bonds. The lowest BCUT2D eigenvalue weighted by atomic mass is 10.1. The Morgan fingerprint density at radius 1 is 1.26 bits per heavy atom. The van der Waals surface area contributed by atoms with E-state index in [4.69, 9.17) is 0 Å². The van der Waals surface area contributed by atoms with E-state index < -0.39 is 0 Å². The number of unbranched alkanes of at least 4 members (excludes halogenated alkanes) is 1. The number of benzene rings is 1. The third-order valence-electron chi connectivity index (χ3n) is 3.49. The van der Waals surface area contributed by atoms with Crippen LogP contribution in [0.15, 0.2) is 24.3 Å². The smallest absolute Gasteiger partial charge is 0.254 e. The Balaban J connectivity index is 2.84. The highest BCUT2D eigenvalue weighted by molar-refractivity contribution is 9.08. The molecule has 0 heterocycles. The van der Waals surface area contributed by atoms with Crippen molar-refractivity contribution >= 4 is 21.8 Å². The second-order valence-corrected chi connectivity index (χ2v) is 5.50. The highest BCUT2D eigenvalue weighted by Gasteiger charge is 2.19. The van der Waals surface area contributed by atoms with Gasteiger partial charge in [0.2, 0.25) is 0 Å². The minimum Gasteiger partial charge on any atom is -0.336 e. The second kappa shape index (κ2) is 8.36. The molecule has 0 fully saturated rings. The third kappa shape index (κ3) is 4.64. The van der Waals surface area contributed by atoms with Crippen LogP contribution in [0, 0.1) is 0 Å². The van der Waals surface area contributed by atoms with Gasteiger partial charge in [0.05, 0.1) is 0 Å². The molecule has 0 aliphatic rings. The number of hydrogen-bond acceptors (Lipinski definition) is 1. The Bertz CT molecular complexity index is 388. The average Bonchev–Trinajstić information content (AvgIpc) is 2.47. The first kappa shape index (κ1) is 16.2. The zero-order valence-electron chi connectivity index (χ0n) is 12.2. The van der Waals surface area contributed by atoms with Gasteiger partial charge in [-0.05, 0) is 37.5 Å². The van der Waals surface area contributed by atoms with Crippen LogP contribution in [0.4, 0.5) is 0 Å². The first-order valence-electron chi connectivity index (χ1n) is 7.09. The molecule has 1 atom stereocenters. The molecule has 1 aromatic rings. The van der Waals surface area contributed by atoms with E-state index in [-0.39, 0.29) is 5.91 Å². The van der Waals surface area contributed by atoms with Gasteiger partial charge < -0.3 is 4.90 Å². The third-order valence-corrected chi connectivity index (χ3v) is 4.14. The topological polar surface area (TPSA) is 20.3 Å². The summed E-state index contributed by atoms with van der Waals surface area (Å²) in [5, 5.41) is 0.826. The lowest BCUT2D eigenvalue weighted by Gasteiger charge is -2.28. The Morgan fingerprint density at radius 3 is 2.37 bits per heavy atom. The monoisotopic (exact) mass is 325 g/mol. The number of halogens is 1. The summed E-state index contributed by atoms with van der Waals surface area (Å²) in [5.41, 5.74) is 1.99. The molecule has 0 radical (unpaired) electrons. The van der Waals surface area contributed by atoms with Crippen LogP contribution in [0.3, 0.4) is 0 Å². The van der Waals surface area contributed by atoms with Gasteiger partial charge in [-0.25, -0.2) is 0 Å². The second-order valence-electron chi connectivity index (χ2n) is 4.94. The maximum atomic E-state index is 12.6. The van der Waals surface area contributed by atoms with Crippen LogP contribution in [-0.2, 0) is 5.33 Å². The molecular weight excluding hydrogens is 302 g/mol. The summed E-state index contributed by atoms with van der Waals surface area (Å²) in [4.78, 5) is 14.6. The Kier molecular flexibility index (Phi) is 7.14. The van der Waals surface area contributed by atoms with Crippen molar-refractivity contribution in [2.45, 2.75) is 51.4 Å². The van der Waals surface area contributed by atoms with Gasteiger partial charge in [-0.2, -0.15) is 0 Å². The van der Waals surface area contributed by atoms with Crippen LogP contribution >= 0.6 is 15.9 Å². The normalized spacial score (nSPS) is 12.2. The van der Waals surface area contributed by atoms with Crippen molar-refractivity contribution in [3.05, 3.63) is 35.4 Å². The van der Waals surface area contributed by atoms with Crippen LogP contribution < -0.4 is 0 Å². The van der Waals surface area contributed by atoms with E-state index in [1.807, 2.05) is 29.2 Å². The van der Waals surface area contributed by atoms with Crippen molar-refractivity contribution < 1.29 is 4.79 Å². The predicted octanol–water partition coefficient (Wildman–Crippen LogP) is 4.62. The molecular formula is C16H24BrNO. The van der Waals surface area contributed by atoms with E-state index in [0.29, 0.717) is 6.04 Å². The zero-order valence-corrected chi connectivity index (χ0v) is 13.7. The molecule has 0 spiro atoms. The summed E-state index contributed by atoms with van der Waals surface area (Å²) >= 11 is 3.42. The van der Waals surface area contributed by atoms with Crippen molar-refractivity contribution in [2.24, 2.45) is 0 Å². The summed E-state index contributed by atoms with van der Waals surface area (Å²) < 4.78 is 0. The highest BCUT2D eigenvalue weighted by Crippen LogP contribution is 2.14. The molecule has 0 aromatic heterocycles. The van der Waals surface area contributed by atoms with E-state index in [2.05, 4.69) is 36.7 Å². The average molecular weight is 326 g/mol. The van der Waals surface area contributed by atoms with Gasteiger partial charge in [0.1, 0.15) is 0 Å². The Labute approximate surface area is 125 Å². The van der Waals surface area contributed by atoms with Crippen LogP contribution in [0.5, 0.6) is 0 Å². The fourth-order valence-electron chi connectivity index (χ4n) is 1.97. The molecule has 1 unspecified atom stereocenters. The largest absolute Gasteiger partial charge is 0.336 e. The van der Waals surface area contributed by atoms with Gasteiger partial charge in [0.15, 0.2) is 0 Å². The lowest BCUT2D eigenvalue weighted by molar-refractivity contribution is 0.0685. The first-order valence-corrected chi connectivity index (χ1v) is 8.22. The fraction of sp³-hybridized carbons (Fsp3) is 0.562. The standard InChI is InChI=1S/C16H24BrNO/c1-4-6-11-18(13(3)5-2)16(19)15-9-7-14(12-17)8-10-15/h7-10,13H,4-6,11-12H2,1-3H3. The summed E-state index contributed by atoms with van der Waals surface area (Å²) in [6.45, 7) is 7.26. The van der Waals surface area contributed by atoms with Gasteiger partial charge in [-0.15, -0.1) is 0 Å². The summed E-state index contributed by atoms with van der Waals surface area (Å²) in [5.74, 6) is 0.156. The number of rotatable bonds is 7. The van der Waals surface area contributed by atoms with Crippen LogP contribution in [0.2, 0.25) is 0 Å². The minimum atomic E-state index is 0.156. The van der Waals surface area contributed by atoms with E-state index in [1.54, 1.807) is 0 Å². The number of amides is 1. The van der Waals surface area contributed by atoms with Gasteiger partial charge in [0, 0.05) is 23.5 Å². The molecule has 19 heavy (non-hydrogen) atoms. The lowest BCUT2D eigenvalue weighted by Crippen LogP contribution is -2.39. The molecule has 2 nitrogen and oxygen atoms in total. The minimum absolute atomic E-state index is 0.156. The number of carbonyl (C=O) groups is 1. The molecule has 1 aromatic carbocycles. The predicted molar refractivity (Wildman–Crippen MR) is 84.8 cm³/mol. The maximum Gasteiger partial charge on any atom is 0.254 e. The molecule has 0 saturated heterocycles. The van der Waals surface area contributed by atoms with Gasteiger partial charge in [0.25, 0.3) is 5.91 Å². The quantitative estimate of drug-likeness (QED) is 0.670. The number of carbonyl (C=O) groups excluding carboxylic acids is 1. The van der Waals surface area contributed by atoms with E-state index in [1.165, 1.54) is 5.56 Å². The maximum absolute atomic E-state index is 12.6. The van der Waals surface area contributed by atoms with Gasteiger partial charge >= 0.3 is 0 Å². The molecule has 106 valence electrons. The number of alkyl halides is 1. The van der Waals surface area contributed by atoms with Crippen molar-refractivity contribution in [3.63, 3.8) is 0 Å². The van der Waals surface area contributed by atoms with Gasteiger partial charge in [-0.1, -0.05) is 48.3 Å². The van der Waals surface area contributed by atoms with Crippen LogP contribution in [-0.4, -0.2) is 23.4 Å². The molecule has 0 N–H and O–H groups in total. The van der Waals surface area contributed by atoms with Gasteiger partial charge in [-0.3, -0.25) is 4.79 Å². The molecule has 0 bridgehead atoms. The van der Waals surface area contributed by atoms with Crippen molar-refractivity contribution in [1.82, 2.24) is 4.90 Å². The summed E-state index contributed by atoms with van der Waals surface area (Å²) in [6.07, 6.45) is 3.17. The van der Waals surface area contributed by atoms with Crippen molar-refractivity contribution in [1.29, 1.82) is 0 Å². The summed E-state index contributed by atoms with van der Waals surface area (Å²) in [7, 11) is 0. The van der Waals surface area contributed by atoms with E-state index >= 15 is 0 Å². The highest BCUT2D eigenvalue weighted by atomic mass is 79.9. The molecule has 0 aliphatic carbocycles. The zero-order chi connectivity index (χ0) is 14.3. The fourth-order valence-corrected chi connectivity index (χ4v) is 2.35. The van der Waals surface area contributed by atoms with Crippen molar-refractivity contribution in [3.8, 4) is 0 Å². The first-order chi connectivity index (χ1) is 9.13. The van der Waals surface area contributed by atoms with Crippen molar-refractivity contribution in [2.75, 3.05) is 6.54 Å². The number of hydrogen-bond donors (Lipinski definition) is 0. The molecule has 1 rings (SSSR count). The van der Waals surface area contributed by atoms with Crippen LogP contribution in [0.1, 0.15) is 56.0 Å². The molecule has 0 aliphatic heterocycles. The van der Waals surface area contributed by atoms with E-state index in [0.717, 1.165) is 36.7 Å². The summed E-state index contributed by atoms with van der Waals surface area (Å²) in [6, 6.07) is 8.18. The SMILES string of the molecule is CCCCN(C(=O)c1ccc(CBr)cc1)C(C)CC. The number of nitrogens with zero attached hydrogens (tertiary/aromatic N) is 1. The molecule has 3 heteroatoms. The Hall–Kier alpha value is -0.830. The van der Waals surface area contributed by atoms with E-state index in [9.17, 15) is 4.79 Å².